The van der Waals surface area contributed by atoms with Gasteiger partial charge in [-0.2, -0.15) is 0 Å². The largest absolute Gasteiger partial charge is 0.497 e. The number of anilines is 1. The number of hydrogen-bond acceptors (Lipinski definition) is 4. The van der Waals surface area contributed by atoms with Crippen LogP contribution in [0.3, 0.4) is 0 Å². The molecule has 0 saturated carbocycles. The smallest absolute Gasteiger partial charge is 0.317 e. The second-order valence-electron chi connectivity index (χ2n) is 6.72. The van der Waals surface area contributed by atoms with E-state index in [1.54, 1.807) is 16.9 Å². The number of morpholine rings is 1. The Morgan fingerprint density at radius 1 is 1.16 bits per heavy atom. The van der Waals surface area contributed by atoms with Crippen LogP contribution in [-0.4, -0.2) is 61.8 Å². The molecular formula is C18H25N3O4. The molecule has 0 unspecified atom stereocenters. The zero-order chi connectivity index (χ0) is 18.0. The Hall–Kier alpha value is -2.28. The zero-order valence-corrected chi connectivity index (χ0v) is 14.9. The van der Waals surface area contributed by atoms with E-state index in [0.29, 0.717) is 26.1 Å². The third kappa shape index (κ3) is 4.04. The van der Waals surface area contributed by atoms with Crippen LogP contribution in [0.4, 0.5) is 10.5 Å². The first-order valence-electron chi connectivity index (χ1n) is 8.61. The number of carbonyl (C=O) groups excluding carboxylic acids is 2. The summed E-state index contributed by atoms with van der Waals surface area (Å²) in [5.41, 5.74) is 0.816. The zero-order valence-electron chi connectivity index (χ0n) is 14.9. The maximum atomic E-state index is 12.5. The van der Waals surface area contributed by atoms with Gasteiger partial charge in [0.15, 0.2) is 0 Å². The summed E-state index contributed by atoms with van der Waals surface area (Å²) in [7, 11) is 1.61. The summed E-state index contributed by atoms with van der Waals surface area (Å²) in [6.45, 7) is 5.53. The molecule has 0 bridgehead atoms. The Balaban J connectivity index is 1.59. The van der Waals surface area contributed by atoms with Gasteiger partial charge in [0.05, 0.1) is 25.4 Å². The van der Waals surface area contributed by atoms with Crippen molar-refractivity contribution in [2.45, 2.75) is 38.5 Å². The summed E-state index contributed by atoms with van der Waals surface area (Å²) >= 11 is 0. The van der Waals surface area contributed by atoms with Crippen molar-refractivity contribution >= 4 is 17.6 Å². The van der Waals surface area contributed by atoms with Crippen LogP contribution >= 0.6 is 0 Å². The van der Waals surface area contributed by atoms with Crippen LogP contribution in [0.15, 0.2) is 24.3 Å². The lowest BCUT2D eigenvalue weighted by Gasteiger charge is -2.35. The second kappa shape index (κ2) is 7.31. The molecule has 2 aliphatic heterocycles. The van der Waals surface area contributed by atoms with E-state index in [-0.39, 0.29) is 30.2 Å². The molecule has 0 radical (unpaired) electrons. The average molecular weight is 347 g/mol. The van der Waals surface area contributed by atoms with Crippen molar-refractivity contribution in [2.75, 3.05) is 31.6 Å². The van der Waals surface area contributed by atoms with E-state index in [2.05, 4.69) is 5.32 Å². The first-order valence-corrected chi connectivity index (χ1v) is 8.61. The van der Waals surface area contributed by atoms with E-state index >= 15 is 0 Å². The summed E-state index contributed by atoms with van der Waals surface area (Å²) in [4.78, 5) is 28.3. The SMILES string of the molecule is COc1ccc(N2C[C@H](NC(=O)N3C[C@@H](C)O[C@H](C)C3)CC2=O)cc1. The first-order chi connectivity index (χ1) is 12.0. The Morgan fingerprint density at radius 2 is 1.80 bits per heavy atom. The van der Waals surface area contributed by atoms with E-state index in [1.165, 1.54) is 0 Å². The van der Waals surface area contributed by atoms with Crippen molar-refractivity contribution in [3.05, 3.63) is 24.3 Å². The van der Waals surface area contributed by atoms with Crippen molar-refractivity contribution in [1.29, 1.82) is 0 Å². The van der Waals surface area contributed by atoms with Crippen molar-refractivity contribution in [2.24, 2.45) is 0 Å². The maximum Gasteiger partial charge on any atom is 0.317 e. The van der Waals surface area contributed by atoms with Gasteiger partial charge in [-0.15, -0.1) is 0 Å². The quantitative estimate of drug-likeness (QED) is 0.902. The van der Waals surface area contributed by atoms with Gasteiger partial charge in [0, 0.05) is 31.7 Å². The predicted molar refractivity (Wildman–Crippen MR) is 93.9 cm³/mol. The van der Waals surface area contributed by atoms with Gasteiger partial charge in [-0.05, 0) is 38.1 Å². The monoisotopic (exact) mass is 347 g/mol. The van der Waals surface area contributed by atoms with Crippen molar-refractivity contribution < 1.29 is 19.1 Å². The molecule has 0 aromatic heterocycles. The molecule has 3 amide bonds. The lowest BCUT2D eigenvalue weighted by molar-refractivity contribution is -0.117. The molecule has 2 heterocycles. The van der Waals surface area contributed by atoms with Crippen LogP contribution in [0.5, 0.6) is 5.75 Å². The number of nitrogens with zero attached hydrogens (tertiary/aromatic N) is 2. The highest BCUT2D eigenvalue weighted by atomic mass is 16.5. The van der Waals surface area contributed by atoms with Crippen LogP contribution in [0.1, 0.15) is 20.3 Å². The fourth-order valence-corrected chi connectivity index (χ4v) is 3.43. The fraction of sp³-hybridized carbons (Fsp3) is 0.556. The number of nitrogens with one attached hydrogen (secondary N) is 1. The predicted octanol–water partition coefficient (Wildman–Crippen LogP) is 1.62. The molecule has 3 atom stereocenters. The Labute approximate surface area is 147 Å². The van der Waals surface area contributed by atoms with Crippen molar-refractivity contribution in [3.63, 3.8) is 0 Å². The minimum atomic E-state index is -0.185. The highest BCUT2D eigenvalue weighted by molar-refractivity contribution is 5.96. The van der Waals surface area contributed by atoms with Gasteiger partial charge >= 0.3 is 6.03 Å². The number of amides is 3. The van der Waals surface area contributed by atoms with Crippen LogP contribution in [-0.2, 0) is 9.53 Å². The number of urea groups is 1. The van der Waals surface area contributed by atoms with Gasteiger partial charge in [0.25, 0.3) is 0 Å². The lowest BCUT2D eigenvalue weighted by Crippen LogP contribution is -2.53. The van der Waals surface area contributed by atoms with Crippen molar-refractivity contribution in [3.8, 4) is 5.75 Å². The molecule has 7 nitrogen and oxygen atoms in total. The Kier molecular flexibility index (Phi) is 5.13. The average Bonchev–Trinajstić information content (AvgIpc) is 2.94. The number of hydrogen-bond donors (Lipinski definition) is 1. The van der Waals surface area contributed by atoms with E-state index < -0.39 is 0 Å². The highest BCUT2D eigenvalue weighted by Gasteiger charge is 2.34. The minimum absolute atomic E-state index is 0.0131. The minimum Gasteiger partial charge on any atom is -0.497 e. The summed E-state index contributed by atoms with van der Waals surface area (Å²) in [6.07, 6.45) is 0.360. The summed E-state index contributed by atoms with van der Waals surface area (Å²) in [5, 5.41) is 2.99. The third-order valence-corrected chi connectivity index (χ3v) is 4.54. The molecule has 7 heteroatoms. The molecule has 2 saturated heterocycles. The normalized spacial score (nSPS) is 26.7. The van der Waals surface area contributed by atoms with Crippen LogP contribution in [0.25, 0.3) is 0 Å². The molecule has 1 N–H and O–H groups in total. The highest BCUT2D eigenvalue weighted by Crippen LogP contribution is 2.24. The van der Waals surface area contributed by atoms with Crippen LogP contribution in [0, 0.1) is 0 Å². The van der Waals surface area contributed by atoms with E-state index in [0.717, 1.165) is 11.4 Å². The Bertz CT molecular complexity index is 624. The molecule has 0 aliphatic carbocycles. The molecule has 2 fully saturated rings. The van der Waals surface area contributed by atoms with Gasteiger partial charge in [0.2, 0.25) is 5.91 Å². The third-order valence-electron chi connectivity index (χ3n) is 4.54. The van der Waals surface area contributed by atoms with Crippen LogP contribution < -0.4 is 15.0 Å². The fourth-order valence-electron chi connectivity index (χ4n) is 3.43. The van der Waals surface area contributed by atoms with Gasteiger partial charge in [-0.1, -0.05) is 0 Å². The van der Waals surface area contributed by atoms with Gasteiger partial charge < -0.3 is 24.6 Å². The van der Waals surface area contributed by atoms with E-state index in [1.807, 2.05) is 38.1 Å². The van der Waals surface area contributed by atoms with E-state index in [9.17, 15) is 9.59 Å². The van der Waals surface area contributed by atoms with Gasteiger partial charge in [-0.3, -0.25) is 4.79 Å². The number of benzene rings is 1. The molecule has 1 aromatic carbocycles. The summed E-state index contributed by atoms with van der Waals surface area (Å²) in [5.74, 6) is 0.759. The number of rotatable bonds is 3. The standard InChI is InChI=1S/C18H25N3O4/c1-12-9-20(10-13(2)25-12)18(23)19-14-8-17(22)21(11-14)15-4-6-16(24-3)7-5-15/h4-7,12-14H,8-11H2,1-3H3,(H,19,23)/t12-,13-,14-/m1/s1. The van der Waals surface area contributed by atoms with Crippen LogP contribution in [0.2, 0.25) is 0 Å². The molecule has 25 heavy (non-hydrogen) atoms. The van der Waals surface area contributed by atoms with Crippen molar-refractivity contribution in [1.82, 2.24) is 10.2 Å². The number of ether oxygens (including phenoxy) is 2. The number of carbonyl (C=O) groups is 2. The maximum absolute atomic E-state index is 12.5. The van der Waals surface area contributed by atoms with Gasteiger partial charge in [0.1, 0.15) is 5.75 Å². The number of methoxy groups -OCH3 is 1. The Morgan fingerprint density at radius 3 is 2.40 bits per heavy atom. The van der Waals surface area contributed by atoms with E-state index in [4.69, 9.17) is 9.47 Å². The second-order valence-corrected chi connectivity index (χ2v) is 6.72. The molecule has 1 aromatic rings. The lowest BCUT2D eigenvalue weighted by atomic mass is 10.2. The topological polar surface area (TPSA) is 71.1 Å². The first kappa shape index (κ1) is 17.5. The molecule has 2 aliphatic rings. The summed E-state index contributed by atoms with van der Waals surface area (Å²) in [6, 6.07) is 7.04. The molecule has 3 rings (SSSR count). The molecule has 0 spiro atoms. The molecular weight excluding hydrogens is 322 g/mol. The van der Waals surface area contributed by atoms with Gasteiger partial charge in [-0.25, -0.2) is 4.79 Å². The molecule has 136 valence electrons. The summed E-state index contributed by atoms with van der Waals surface area (Å²) < 4.78 is 10.8.